The van der Waals surface area contributed by atoms with E-state index in [9.17, 15) is 4.79 Å². The fraction of sp³-hybridized carbons (Fsp3) is 0.278. The van der Waals surface area contributed by atoms with E-state index in [1.165, 1.54) is 17.3 Å². The summed E-state index contributed by atoms with van der Waals surface area (Å²) >= 11 is 3.15. The Morgan fingerprint density at radius 2 is 2.32 bits per heavy atom. The van der Waals surface area contributed by atoms with E-state index in [0.717, 1.165) is 42.0 Å². The third-order valence-electron chi connectivity index (χ3n) is 4.40. The van der Waals surface area contributed by atoms with Crippen molar-refractivity contribution in [3.63, 3.8) is 0 Å². The van der Waals surface area contributed by atoms with Gasteiger partial charge in [-0.15, -0.1) is 0 Å². The van der Waals surface area contributed by atoms with Crippen LogP contribution >= 0.6 is 23.1 Å². The average Bonchev–Trinajstić information content (AvgIpc) is 3.17. The molecule has 5 nitrogen and oxygen atoms in total. The van der Waals surface area contributed by atoms with Crippen LogP contribution < -0.4 is 5.56 Å². The Kier molecular flexibility index (Phi) is 4.70. The van der Waals surface area contributed by atoms with Crippen molar-refractivity contribution in [3.05, 3.63) is 62.3 Å². The van der Waals surface area contributed by atoms with Crippen LogP contribution in [0.5, 0.6) is 0 Å². The maximum Gasteiger partial charge on any atom is 0.256 e. The fourth-order valence-corrected chi connectivity index (χ4v) is 4.19. The summed E-state index contributed by atoms with van der Waals surface area (Å²) in [5, 5.41) is 4.89. The maximum atomic E-state index is 12.3. The molecule has 1 aliphatic rings. The van der Waals surface area contributed by atoms with Crippen molar-refractivity contribution < 1.29 is 0 Å². The van der Waals surface area contributed by atoms with Crippen molar-refractivity contribution in [1.82, 2.24) is 19.9 Å². The van der Waals surface area contributed by atoms with Crippen molar-refractivity contribution in [1.29, 1.82) is 0 Å². The fourth-order valence-electron chi connectivity index (χ4n) is 3.16. The number of thioether (sulfide) groups is 1. The van der Waals surface area contributed by atoms with Crippen LogP contribution in [0.1, 0.15) is 16.8 Å². The minimum absolute atomic E-state index is 0.0108. The molecule has 0 spiro atoms. The monoisotopic (exact) mass is 370 g/mol. The number of H-pyrrole nitrogens is 1. The average molecular weight is 371 g/mol. The Hall–Kier alpha value is -1.96. The Morgan fingerprint density at radius 3 is 3.12 bits per heavy atom. The highest BCUT2D eigenvalue weighted by atomic mass is 32.2. The van der Waals surface area contributed by atoms with Crippen LogP contribution in [0.15, 0.2) is 45.1 Å². The van der Waals surface area contributed by atoms with E-state index < -0.39 is 0 Å². The van der Waals surface area contributed by atoms with Crippen LogP contribution in [0.4, 0.5) is 0 Å². The number of pyridine rings is 1. The highest BCUT2D eigenvalue weighted by Crippen LogP contribution is 2.26. The largest absolute Gasteiger partial charge is 0.301 e. The summed E-state index contributed by atoms with van der Waals surface area (Å²) in [5.74, 6) is 0. The zero-order valence-electron chi connectivity index (χ0n) is 13.9. The molecule has 0 unspecified atom stereocenters. The number of thiophene rings is 1. The quantitative estimate of drug-likeness (QED) is 0.565. The molecular weight excluding hydrogens is 352 g/mol. The van der Waals surface area contributed by atoms with Gasteiger partial charge in [-0.2, -0.15) is 11.3 Å². The van der Waals surface area contributed by atoms with Crippen molar-refractivity contribution in [2.45, 2.75) is 24.7 Å². The molecule has 4 rings (SSSR count). The first kappa shape index (κ1) is 16.5. The van der Waals surface area contributed by atoms with Gasteiger partial charge in [-0.05, 0) is 29.3 Å². The van der Waals surface area contributed by atoms with Gasteiger partial charge in [0.05, 0.1) is 17.0 Å². The highest BCUT2D eigenvalue weighted by molar-refractivity contribution is 7.98. The van der Waals surface area contributed by atoms with E-state index in [-0.39, 0.29) is 5.56 Å². The van der Waals surface area contributed by atoms with Crippen molar-refractivity contribution >= 4 is 23.1 Å². The minimum atomic E-state index is -0.0108. The molecule has 4 heterocycles. The van der Waals surface area contributed by atoms with Gasteiger partial charge in [0.25, 0.3) is 5.56 Å². The normalized spacial score (nSPS) is 14.4. The van der Waals surface area contributed by atoms with E-state index in [2.05, 4.69) is 42.7 Å². The van der Waals surface area contributed by atoms with Gasteiger partial charge in [-0.25, -0.2) is 4.98 Å². The number of aromatic nitrogens is 3. The second-order valence-corrected chi connectivity index (χ2v) is 7.56. The summed E-state index contributed by atoms with van der Waals surface area (Å²) in [4.78, 5) is 26.6. The van der Waals surface area contributed by atoms with Gasteiger partial charge in [0.15, 0.2) is 5.16 Å². The molecule has 0 atom stereocenters. The summed E-state index contributed by atoms with van der Waals surface area (Å²) in [7, 11) is 0. The molecule has 0 radical (unpaired) electrons. The lowest BCUT2D eigenvalue weighted by molar-refractivity contribution is 0.241. The van der Waals surface area contributed by atoms with E-state index in [1.807, 2.05) is 18.5 Å². The minimum Gasteiger partial charge on any atom is -0.301 e. The van der Waals surface area contributed by atoms with Gasteiger partial charge in [-0.1, -0.05) is 17.8 Å². The van der Waals surface area contributed by atoms with Crippen LogP contribution in [-0.2, 0) is 19.5 Å². The van der Waals surface area contributed by atoms with E-state index in [4.69, 9.17) is 0 Å². The topological polar surface area (TPSA) is 61.9 Å². The Labute approximate surface area is 154 Å². The van der Waals surface area contributed by atoms with Crippen molar-refractivity contribution in [3.8, 4) is 11.3 Å². The van der Waals surface area contributed by atoms with Gasteiger partial charge in [0, 0.05) is 43.2 Å². The molecule has 25 heavy (non-hydrogen) atoms. The lowest BCUT2D eigenvalue weighted by Crippen LogP contribution is -2.35. The predicted octanol–water partition coefficient (Wildman–Crippen LogP) is 3.17. The molecule has 7 heteroatoms. The SMILES string of the molecule is CSc1nc2c(c(=O)[nH]1)CN(Cc1cccnc1-c1ccsc1)CC2. The Balaban J connectivity index is 1.59. The van der Waals surface area contributed by atoms with Crippen molar-refractivity contribution in [2.75, 3.05) is 12.8 Å². The van der Waals surface area contributed by atoms with Crippen LogP contribution in [0.3, 0.4) is 0 Å². The molecule has 0 saturated carbocycles. The van der Waals surface area contributed by atoms with Gasteiger partial charge in [-0.3, -0.25) is 14.7 Å². The second kappa shape index (κ2) is 7.11. The molecule has 0 aromatic carbocycles. The summed E-state index contributed by atoms with van der Waals surface area (Å²) in [5.41, 5.74) is 5.10. The summed E-state index contributed by atoms with van der Waals surface area (Å²) in [6, 6.07) is 6.19. The van der Waals surface area contributed by atoms with Gasteiger partial charge in [0.2, 0.25) is 0 Å². The molecule has 1 aliphatic heterocycles. The standard InChI is InChI=1S/C18H18N4OS2/c1-24-18-20-15-4-7-22(10-14(15)17(23)21-18)9-12-3-2-6-19-16(12)13-5-8-25-11-13/h2-3,5-6,8,11H,4,7,9-10H2,1H3,(H,20,21,23). The van der Waals surface area contributed by atoms with Crippen molar-refractivity contribution in [2.24, 2.45) is 0 Å². The van der Waals surface area contributed by atoms with E-state index in [0.29, 0.717) is 11.7 Å². The summed E-state index contributed by atoms with van der Waals surface area (Å²) in [6.45, 7) is 2.31. The molecule has 3 aromatic rings. The number of fused-ring (bicyclic) bond motifs is 1. The number of nitrogens with one attached hydrogen (secondary N) is 1. The van der Waals surface area contributed by atoms with Gasteiger partial charge < -0.3 is 4.98 Å². The number of rotatable bonds is 4. The van der Waals surface area contributed by atoms with E-state index in [1.54, 1.807) is 11.3 Å². The molecule has 128 valence electrons. The molecule has 0 aliphatic carbocycles. The molecule has 0 amide bonds. The van der Waals surface area contributed by atoms with Crippen LogP contribution in [-0.4, -0.2) is 32.7 Å². The smallest absolute Gasteiger partial charge is 0.256 e. The lowest BCUT2D eigenvalue weighted by Gasteiger charge is -2.28. The van der Waals surface area contributed by atoms with Crippen LogP contribution in [0.2, 0.25) is 0 Å². The van der Waals surface area contributed by atoms with Crippen LogP contribution in [0, 0.1) is 0 Å². The summed E-state index contributed by atoms with van der Waals surface area (Å²) < 4.78 is 0. The van der Waals surface area contributed by atoms with Crippen LogP contribution in [0.25, 0.3) is 11.3 Å². The molecular formula is C18H18N4OS2. The zero-order chi connectivity index (χ0) is 17.2. The third-order valence-corrected chi connectivity index (χ3v) is 5.66. The Bertz CT molecular complexity index is 936. The maximum absolute atomic E-state index is 12.3. The third kappa shape index (κ3) is 3.40. The second-order valence-electron chi connectivity index (χ2n) is 5.98. The first-order valence-electron chi connectivity index (χ1n) is 8.09. The molecule has 3 aromatic heterocycles. The van der Waals surface area contributed by atoms with Gasteiger partial charge in [0.1, 0.15) is 0 Å². The molecule has 1 N–H and O–H groups in total. The number of hydrogen-bond donors (Lipinski definition) is 1. The number of nitrogens with zero attached hydrogens (tertiary/aromatic N) is 3. The first-order valence-corrected chi connectivity index (χ1v) is 10.3. The number of aromatic amines is 1. The lowest BCUT2D eigenvalue weighted by atomic mass is 10.0. The predicted molar refractivity (Wildman–Crippen MR) is 102 cm³/mol. The zero-order valence-corrected chi connectivity index (χ0v) is 15.5. The Morgan fingerprint density at radius 1 is 1.40 bits per heavy atom. The highest BCUT2D eigenvalue weighted by Gasteiger charge is 2.22. The number of hydrogen-bond acceptors (Lipinski definition) is 6. The first-order chi connectivity index (χ1) is 12.2. The molecule has 0 fully saturated rings. The van der Waals surface area contributed by atoms with E-state index >= 15 is 0 Å². The molecule has 0 bridgehead atoms. The summed E-state index contributed by atoms with van der Waals surface area (Å²) in [6.07, 6.45) is 4.57. The van der Waals surface area contributed by atoms with Gasteiger partial charge >= 0.3 is 0 Å². The molecule has 0 saturated heterocycles.